The SMILES string of the molecule is COC(CN)C1CCOC1. The van der Waals surface area contributed by atoms with Gasteiger partial charge in [0.05, 0.1) is 12.7 Å². The highest BCUT2D eigenvalue weighted by Crippen LogP contribution is 2.17. The minimum atomic E-state index is 0.197. The Balaban J connectivity index is 2.29. The first-order chi connectivity index (χ1) is 4.88. The van der Waals surface area contributed by atoms with Crippen molar-refractivity contribution in [1.29, 1.82) is 0 Å². The van der Waals surface area contributed by atoms with Crippen LogP contribution in [0.4, 0.5) is 0 Å². The van der Waals surface area contributed by atoms with Crippen molar-refractivity contribution >= 4 is 0 Å². The van der Waals surface area contributed by atoms with E-state index in [9.17, 15) is 0 Å². The third kappa shape index (κ3) is 1.68. The van der Waals surface area contributed by atoms with Crippen LogP contribution in [0, 0.1) is 5.92 Å². The van der Waals surface area contributed by atoms with Gasteiger partial charge in [-0.25, -0.2) is 0 Å². The van der Waals surface area contributed by atoms with E-state index in [0.717, 1.165) is 19.6 Å². The molecule has 3 nitrogen and oxygen atoms in total. The molecule has 1 saturated heterocycles. The van der Waals surface area contributed by atoms with E-state index in [4.69, 9.17) is 15.2 Å². The highest BCUT2D eigenvalue weighted by atomic mass is 16.5. The summed E-state index contributed by atoms with van der Waals surface area (Å²) in [4.78, 5) is 0. The predicted octanol–water partition coefficient (Wildman–Crippen LogP) is -0.00340. The van der Waals surface area contributed by atoms with Crippen molar-refractivity contribution in [2.75, 3.05) is 26.9 Å². The van der Waals surface area contributed by atoms with Crippen LogP contribution in [0.1, 0.15) is 6.42 Å². The molecule has 0 aliphatic carbocycles. The van der Waals surface area contributed by atoms with Gasteiger partial charge >= 0.3 is 0 Å². The van der Waals surface area contributed by atoms with Gasteiger partial charge in [0.15, 0.2) is 0 Å². The zero-order valence-corrected chi connectivity index (χ0v) is 6.38. The van der Waals surface area contributed by atoms with Gasteiger partial charge in [-0.15, -0.1) is 0 Å². The third-order valence-corrected chi connectivity index (χ3v) is 2.03. The third-order valence-electron chi connectivity index (χ3n) is 2.03. The summed E-state index contributed by atoms with van der Waals surface area (Å²) in [7, 11) is 1.70. The maximum absolute atomic E-state index is 5.48. The largest absolute Gasteiger partial charge is 0.381 e. The Kier molecular flexibility index (Phi) is 3.12. The van der Waals surface area contributed by atoms with Gasteiger partial charge in [-0.05, 0) is 6.42 Å². The Labute approximate surface area is 61.5 Å². The molecule has 0 aromatic rings. The maximum Gasteiger partial charge on any atom is 0.0744 e. The maximum atomic E-state index is 5.48. The number of methoxy groups -OCH3 is 1. The molecule has 0 saturated carbocycles. The molecule has 0 aromatic carbocycles. The fourth-order valence-electron chi connectivity index (χ4n) is 1.33. The molecule has 0 aromatic heterocycles. The van der Waals surface area contributed by atoms with E-state index in [1.165, 1.54) is 0 Å². The Morgan fingerprint density at radius 1 is 1.80 bits per heavy atom. The topological polar surface area (TPSA) is 44.5 Å². The van der Waals surface area contributed by atoms with Gasteiger partial charge in [0.2, 0.25) is 0 Å². The number of nitrogens with two attached hydrogens (primary N) is 1. The number of ether oxygens (including phenoxy) is 2. The van der Waals surface area contributed by atoms with E-state index in [0.29, 0.717) is 12.5 Å². The summed E-state index contributed by atoms with van der Waals surface area (Å²) >= 11 is 0. The molecule has 2 atom stereocenters. The van der Waals surface area contributed by atoms with Crippen LogP contribution in [-0.4, -0.2) is 33.0 Å². The van der Waals surface area contributed by atoms with E-state index in [1.54, 1.807) is 7.11 Å². The first-order valence-electron chi connectivity index (χ1n) is 3.69. The van der Waals surface area contributed by atoms with Crippen LogP contribution >= 0.6 is 0 Å². The zero-order chi connectivity index (χ0) is 7.40. The molecule has 2 unspecified atom stereocenters. The van der Waals surface area contributed by atoms with Gasteiger partial charge in [-0.3, -0.25) is 0 Å². The average Bonchev–Trinajstić information content (AvgIpc) is 2.43. The summed E-state index contributed by atoms with van der Waals surface area (Å²) < 4.78 is 10.4. The highest BCUT2D eigenvalue weighted by molar-refractivity contribution is 4.74. The van der Waals surface area contributed by atoms with E-state index in [-0.39, 0.29) is 6.10 Å². The van der Waals surface area contributed by atoms with Crippen LogP contribution in [0.25, 0.3) is 0 Å². The van der Waals surface area contributed by atoms with Gasteiger partial charge in [0.1, 0.15) is 0 Å². The van der Waals surface area contributed by atoms with E-state index < -0.39 is 0 Å². The summed E-state index contributed by atoms with van der Waals surface area (Å²) in [5, 5.41) is 0. The molecule has 0 amide bonds. The Morgan fingerprint density at radius 2 is 2.60 bits per heavy atom. The summed E-state index contributed by atoms with van der Waals surface area (Å²) in [5.41, 5.74) is 5.48. The molecule has 10 heavy (non-hydrogen) atoms. The minimum Gasteiger partial charge on any atom is -0.381 e. The molecule has 1 aliphatic heterocycles. The van der Waals surface area contributed by atoms with Gasteiger partial charge < -0.3 is 15.2 Å². The number of rotatable bonds is 3. The number of hydrogen-bond acceptors (Lipinski definition) is 3. The monoisotopic (exact) mass is 145 g/mol. The second kappa shape index (κ2) is 3.91. The molecule has 0 radical (unpaired) electrons. The molecule has 1 rings (SSSR count). The normalized spacial score (nSPS) is 28.8. The quantitative estimate of drug-likeness (QED) is 0.607. The predicted molar refractivity (Wildman–Crippen MR) is 38.8 cm³/mol. The molecule has 0 bridgehead atoms. The molecule has 1 heterocycles. The zero-order valence-electron chi connectivity index (χ0n) is 6.38. The second-order valence-corrected chi connectivity index (χ2v) is 2.63. The lowest BCUT2D eigenvalue weighted by atomic mass is 10.0. The molecule has 1 aliphatic rings. The van der Waals surface area contributed by atoms with Crippen LogP contribution in [0.15, 0.2) is 0 Å². The van der Waals surface area contributed by atoms with Crippen molar-refractivity contribution in [1.82, 2.24) is 0 Å². The summed E-state index contributed by atoms with van der Waals surface area (Å²) in [6.45, 7) is 2.28. The first-order valence-corrected chi connectivity index (χ1v) is 3.69. The molecule has 60 valence electrons. The van der Waals surface area contributed by atoms with E-state index >= 15 is 0 Å². The standard InChI is InChI=1S/C7H15NO2/c1-9-7(4-8)6-2-3-10-5-6/h6-7H,2-5,8H2,1H3. The molecule has 3 heteroatoms. The first kappa shape index (κ1) is 7.98. The summed E-state index contributed by atoms with van der Waals surface area (Å²) in [6.07, 6.45) is 1.29. The smallest absolute Gasteiger partial charge is 0.0744 e. The fraction of sp³-hybridized carbons (Fsp3) is 1.00. The average molecular weight is 145 g/mol. The fourth-order valence-corrected chi connectivity index (χ4v) is 1.33. The highest BCUT2D eigenvalue weighted by Gasteiger charge is 2.23. The molecule has 2 N–H and O–H groups in total. The van der Waals surface area contributed by atoms with Gasteiger partial charge in [0, 0.05) is 26.2 Å². The van der Waals surface area contributed by atoms with Gasteiger partial charge in [0.25, 0.3) is 0 Å². The van der Waals surface area contributed by atoms with Crippen molar-refractivity contribution in [3.8, 4) is 0 Å². The van der Waals surface area contributed by atoms with Crippen molar-refractivity contribution in [2.24, 2.45) is 11.7 Å². The van der Waals surface area contributed by atoms with Crippen LogP contribution in [-0.2, 0) is 9.47 Å². The van der Waals surface area contributed by atoms with Crippen LogP contribution in [0.2, 0.25) is 0 Å². The van der Waals surface area contributed by atoms with Gasteiger partial charge in [-0.1, -0.05) is 0 Å². The number of hydrogen-bond donors (Lipinski definition) is 1. The Morgan fingerprint density at radius 3 is 3.00 bits per heavy atom. The van der Waals surface area contributed by atoms with Crippen LogP contribution < -0.4 is 5.73 Å². The van der Waals surface area contributed by atoms with Crippen molar-refractivity contribution in [2.45, 2.75) is 12.5 Å². The Hall–Kier alpha value is -0.120. The lowest BCUT2D eigenvalue weighted by molar-refractivity contribution is 0.0517. The lowest BCUT2D eigenvalue weighted by Gasteiger charge is -2.17. The molecular formula is C7H15NO2. The molecule has 1 fully saturated rings. The van der Waals surface area contributed by atoms with Gasteiger partial charge in [-0.2, -0.15) is 0 Å². The van der Waals surface area contributed by atoms with Crippen molar-refractivity contribution in [3.63, 3.8) is 0 Å². The summed E-state index contributed by atoms with van der Waals surface area (Å²) in [6, 6.07) is 0. The molecule has 0 spiro atoms. The van der Waals surface area contributed by atoms with Crippen molar-refractivity contribution < 1.29 is 9.47 Å². The summed E-state index contributed by atoms with van der Waals surface area (Å²) in [5.74, 6) is 0.523. The van der Waals surface area contributed by atoms with Crippen LogP contribution in [0.3, 0.4) is 0 Å². The lowest BCUT2D eigenvalue weighted by Crippen LogP contribution is -2.31. The second-order valence-electron chi connectivity index (χ2n) is 2.63. The Bertz CT molecular complexity index is 87.6. The van der Waals surface area contributed by atoms with E-state index in [1.807, 2.05) is 0 Å². The van der Waals surface area contributed by atoms with Crippen molar-refractivity contribution in [3.05, 3.63) is 0 Å². The molecular weight excluding hydrogens is 130 g/mol. The minimum absolute atomic E-state index is 0.197. The van der Waals surface area contributed by atoms with Crippen LogP contribution in [0.5, 0.6) is 0 Å². The van der Waals surface area contributed by atoms with E-state index in [2.05, 4.69) is 0 Å².